The topological polar surface area (TPSA) is 35.8 Å². The van der Waals surface area contributed by atoms with Crippen molar-refractivity contribution in [2.45, 2.75) is 39.7 Å². The molecule has 1 heterocycles. The van der Waals surface area contributed by atoms with E-state index >= 15 is 0 Å². The van der Waals surface area contributed by atoms with Crippen LogP contribution in [-0.2, 0) is 0 Å². The lowest BCUT2D eigenvalue weighted by Gasteiger charge is -2.35. The maximum absolute atomic E-state index is 8.79. The summed E-state index contributed by atoms with van der Waals surface area (Å²) in [5, 5.41) is 12.2. The van der Waals surface area contributed by atoms with Crippen LogP contribution in [0.5, 0.6) is 0 Å². The van der Waals surface area contributed by atoms with Gasteiger partial charge in [-0.15, -0.1) is 0 Å². The van der Waals surface area contributed by atoms with Crippen LogP contribution in [0.15, 0.2) is 5.16 Å². The van der Waals surface area contributed by atoms with Crippen molar-refractivity contribution >= 4 is 5.71 Å². The lowest BCUT2D eigenvalue weighted by atomic mass is 9.92. The summed E-state index contributed by atoms with van der Waals surface area (Å²) in [4.78, 5) is 2.45. The van der Waals surface area contributed by atoms with Crippen LogP contribution in [0.3, 0.4) is 0 Å². The Morgan fingerprint density at radius 1 is 1.62 bits per heavy atom. The molecule has 0 spiro atoms. The largest absolute Gasteiger partial charge is 0.411 e. The average Bonchev–Trinajstić information content (AvgIpc) is 2.16. The van der Waals surface area contributed by atoms with E-state index in [4.69, 9.17) is 5.21 Å². The van der Waals surface area contributed by atoms with Crippen LogP contribution in [0, 0.1) is 5.92 Å². The number of piperidine rings is 1. The van der Waals surface area contributed by atoms with Gasteiger partial charge in [0, 0.05) is 31.5 Å². The van der Waals surface area contributed by atoms with E-state index < -0.39 is 0 Å². The molecule has 0 aliphatic carbocycles. The van der Waals surface area contributed by atoms with E-state index in [0.29, 0.717) is 12.0 Å². The predicted octanol–water partition coefficient (Wildman–Crippen LogP) is 1.96. The van der Waals surface area contributed by atoms with E-state index in [1.165, 1.54) is 0 Å². The van der Waals surface area contributed by atoms with E-state index in [2.05, 4.69) is 30.8 Å². The summed E-state index contributed by atoms with van der Waals surface area (Å²) in [5.41, 5.74) is 0.986. The van der Waals surface area contributed by atoms with Gasteiger partial charge in [0.1, 0.15) is 0 Å². The Morgan fingerprint density at radius 3 is 2.77 bits per heavy atom. The summed E-state index contributed by atoms with van der Waals surface area (Å²) in [6, 6.07) is 0.606. The fraction of sp³-hybridized carbons (Fsp3) is 0.900. The van der Waals surface area contributed by atoms with Gasteiger partial charge in [-0.25, -0.2) is 0 Å². The quantitative estimate of drug-likeness (QED) is 0.526. The van der Waals surface area contributed by atoms with Crippen molar-refractivity contribution in [1.82, 2.24) is 4.90 Å². The summed E-state index contributed by atoms with van der Waals surface area (Å²) in [6.45, 7) is 8.67. The second-order valence-corrected chi connectivity index (χ2v) is 4.04. The van der Waals surface area contributed by atoms with Crippen LogP contribution in [-0.4, -0.2) is 35.0 Å². The lowest BCUT2D eigenvalue weighted by molar-refractivity contribution is 0.187. The Morgan fingerprint density at radius 2 is 2.31 bits per heavy atom. The molecule has 3 heteroatoms. The highest BCUT2D eigenvalue weighted by atomic mass is 16.4. The lowest BCUT2D eigenvalue weighted by Crippen LogP contribution is -2.44. The summed E-state index contributed by atoms with van der Waals surface area (Å²) in [7, 11) is 0. The van der Waals surface area contributed by atoms with Gasteiger partial charge in [0.2, 0.25) is 0 Å². The summed E-state index contributed by atoms with van der Waals surface area (Å²) >= 11 is 0. The predicted molar refractivity (Wildman–Crippen MR) is 54.3 cm³/mol. The van der Waals surface area contributed by atoms with Crippen LogP contribution < -0.4 is 0 Å². The van der Waals surface area contributed by atoms with Crippen molar-refractivity contribution in [3.8, 4) is 0 Å². The molecule has 1 saturated heterocycles. The van der Waals surface area contributed by atoms with E-state index in [1.54, 1.807) is 0 Å². The molecule has 0 saturated carbocycles. The molecule has 13 heavy (non-hydrogen) atoms. The SMILES string of the molecule is CCC1CN(C(C)C)CCC1=NO. The molecule has 0 bridgehead atoms. The Kier molecular flexibility index (Phi) is 3.72. The van der Waals surface area contributed by atoms with Crippen molar-refractivity contribution in [1.29, 1.82) is 0 Å². The molecule has 1 atom stereocenters. The normalized spacial score (nSPS) is 28.6. The maximum Gasteiger partial charge on any atom is 0.0627 e. The van der Waals surface area contributed by atoms with Gasteiger partial charge in [-0.3, -0.25) is 4.90 Å². The van der Waals surface area contributed by atoms with Gasteiger partial charge in [-0.2, -0.15) is 0 Å². The van der Waals surface area contributed by atoms with Crippen LogP contribution in [0.4, 0.5) is 0 Å². The van der Waals surface area contributed by atoms with Crippen molar-refractivity contribution in [2.24, 2.45) is 11.1 Å². The maximum atomic E-state index is 8.79. The average molecular weight is 184 g/mol. The number of oxime groups is 1. The monoisotopic (exact) mass is 184 g/mol. The van der Waals surface area contributed by atoms with E-state index in [-0.39, 0.29) is 0 Å². The second kappa shape index (κ2) is 4.61. The minimum atomic E-state index is 0.459. The fourth-order valence-corrected chi connectivity index (χ4v) is 1.91. The number of hydrogen-bond donors (Lipinski definition) is 1. The highest BCUT2D eigenvalue weighted by Gasteiger charge is 2.25. The third-order valence-corrected chi connectivity index (χ3v) is 2.93. The van der Waals surface area contributed by atoms with Gasteiger partial charge in [0.25, 0.3) is 0 Å². The first kappa shape index (κ1) is 10.5. The molecule has 3 nitrogen and oxygen atoms in total. The minimum Gasteiger partial charge on any atom is -0.411 e. The first-order valence-corrected chi connectivity index (χ1v) is 5.13. The molecular weight excluding hydrogens is 164 g/mol. The Bertz CT molecular complexity index is 189. The molecule has 76 valence electrons. The molecule has 1 fully saturated rings. The minimum absolute atomic E-state index is 0.459. The third kappa shape index (κ3) is 2.44. The zero-order chi connectivity index (χ0) is 9.84. The Hall–Kier alpha value is -0.570. The summed E-state index contributed by atoms with van der Waals surface area (Å²) in [5.74, 6) is 0.459. The molecule has 1 aliphatic rings. The molecule has 1 unspecified atom stereocenters. The molecule has 1 N–H and O–H groups in total. The zero-order valence-corrected chi connectivity index (χ0v) is 8.82. The molecule has 0 aromatic rings. The first-order valence-electron chi connectivity index (χ1n) is 5.13. The third-order valence-electron chi connectivity index (χ3n) is 2.93. The van der Waals surface area contributed by atoms with E-state index in [0.717, 1.165) is 31.6 Å². The van der Waals surface area contributed by atoms with Gasteiger partial charge >= 0.3 is 0 Å². The number of nitrogens with zero attached hydrogens (tertiary/aromatic N) is 2. The van der Waals surface area contributed by atoms with Gasteiger partial charge in [-0.1, -0.05) is 12.1 Å². The Balaban J connectivity index is 2.58. The van der Waals surface area contributed by atoms with Crippen molar-refractivity contribution in [3.05, 3.63) is 0 Å². The second-order valence-electron chi connectivity index (χ2n) is 4.04. The zero-order valence-electron chi connectivity index (χ0n) is 8.82. The highest BCUT2D eigenvalue weighted by Crippen LogP contribution is 2.18. The highest BCUT2D eigenvalue weighted by molar-refractivity contribution is 5.87. The van der Waals surface area contributed by atoms with Crippen LogP contribution in [0.1, 0.15) is 33.6 Å². The molecule has 0 radical (unpaired) electrons. The van der Waals surface area contributed by atoms with Crippen LogP contribution >= 0.6 is 0 Å². The van der Waals surface area contributed by atoms with Gasteiger partial charge in [-0.05, 0) is 20.3 Å². The molecule has 0 aromatic carbocycles. The van der Waals surface area contributed by atoms with E-state index in [9.17, 15) is 0 Å². The summed E-state index contributed by atoms with van der Waals surface area (Å²) < 4.78 is 0. The molecule has 0 aromatic heterocycles. The van der Waals surface area contributed by atoms with Crippen LogP contribution in [0.25, 0.3) is 0 Å². The first-order chi connectivity index (χ1) is 6.19. The van der Waals surface area contributed by atoms with Gasteiger partial charge in [0.15, 0.2) is 0 Å². The number of rotatable bonds is 2. The summed E-state index contributed by atoms with van der Waals surface area (Å²) in [6.07, 6.45) is 2.00. The number of hydrogen-bond acceptors (Lipinski definition) is 3. The van der Waals surface area contributed by atoms with Crippen molar-refractivity contribution < 1.29 is 5.21 Å². The molecule has 1 rings (SSSR count). The molecular formula is C10H20N2O. The van der Waals surface area contributed by atoms with E-state index in [1.807, 2.05) is 0 Å². The number of likely N-dealkylation sites (tertiary alicyclic amines) is 1. The smallest absolute Gasteiger partial charge is 0.0627 e. The molecule has 1 aliphatic heterocycles. The molecule has 0 amide bonds. The fourth-order valence-electron chi connectivity index (χ4n) is 1.91. The Labute approximate surface area is 80.4 Å². The standard InChI is InChI=1S/C10H20N2O/c1-4-9-7-12(8(2)3)6-5-10(9)11-13/h8-9,13H,4-7H2,1-3H3. The van der Waals surface area contributed by atoms with Gasteiger partial charge in [0.05, 0.1) is 5.71 Å². The van der Waals surface area contributed by atoms with Crippen molar-refractivity contribution in [2.75, 3.05) is 13.1 Å². The van der Waals surface area contributed by atoms with Gasteiger partial charge < -0.3 is 5.21 Å². The van der Waals surface area contributed by atoms with Crippen molar-refractivity contribution in [3.63, 3.8) is 0 Å². The van der Waals surface area contributed by atoms with Crippen LogP contribution in [0.2, 0.25) is 0 Å².